The number of hydrogen-bond acceptors (Lipinski definition) is 2. The molecule has 0 fully saturated rings. The topological polar surface area (TPSA) is 63.3 Å². The highest BCUT2D eigenvalue weighted by atomic mass is 19.4. The van der Waals surface area contributed by atoms with Crippen molar-refractivity contribution in [2.45, 2.75) is 44.1 Å². The first-order chi connectivity index (χ1) is 6.36. The van der Waals surface area contributed by atoms with Gasteiger partial charge < -0.3 is 10.8 Å². The lowest BCUT2D eigenvalue weighted by Crippen LogP contribution is -2.54. The molecule has 0 rings (SSSR count). The van der Waals surface area contributed by atoms with Crippen LogP contribution in [0.3, 0.4) is 0 Å². The van der Waals surface area contributed by atoms with Crippen molar-refractivity contribution in [3.8, 4) is 0 Å². The zero-order chi connectivity index (χ0) is 12.5. The summed E-state index contributed by atoms with van der Waals surface area (Å²) in [4.78, 5) is 10.6. The smallest absolute Gasteiger partial charge is 0.391 e. The maximum Gasteiger partial charge on any atom is 0.391 e. The number of carboxylic acid groups (broad SMARTS) is 1. The molecule has 1 unspecified atom stereocenters. The minimum absolute atomic E-state index is 0.894. The lowest BCUT2D eigenvalue weighted by Gasteiger charge is -2.30. The SMILES string of the molecule is CC(C)(F)CC(N)(CC(F)(F)F)C(=O)O. The van der Waals surface area contributed by atoms with Gasteiger partial charge in [-0.3, -0.25) is 4.79 Å². The standard InChI is InChI=1S/C8H13F4NO2/c1-6(2,9)3-7(13,5(14)15)4-8(10,11)12/h3-4,13H2,1-2H3,(H,14,15). The highest BCUT2D eigenvalue weighted by Gasteiger charge is 2.48. The van der Waals surface area contributed by atoms with Crippen molar-refractivity contribution in [2.24, 2.45) is 5.73 Å². The largest absolute Gasteiger partial charge is 0.480 e. The average Bonchev–Trinajstić information content (AvgIpc) is 1.75. The molecule has 0 aliphatic heterocycles. The van der Waals surface area contributed by atoms with Gasteiger partial charge in [0.15, 0.2) is 0 Å². The van der Waals surface area contributed by atoms with Crippen LogP contribution >= 0.6 is 0 Å². The van der Waals surface area contributed by atoms with Gasteiger partial charge in [-0.2, -0.15) is 13.2 Å². The minimum atomic E-state index is -4.74. The Kier molecular flexibility index (Phi) is 3.73. The third-order valence-corrected chi connectivity index (χ3v) is 1.68. The molecule has 0 aromatic rings. The highest BCUT2D eigenvalue weighted by molar-refractivity contribution is 5.78. The van der Waals surface area contributed by atoms with Crippen molar-refractivity contribution in [1.82, 2.24) is 0 Å². The number of rotatable bonds is 4. The van der Waals surface area contributed by atoms with Gasteiger partial charge in [-0.25, -0.2) is 4.39 Å². The van der Waals surface area contributed by atoms with E-state index in [9.17, 15) is 22.4 Å². The molecule has 0 spiro atoms. The summed E-state index contributed by atoms with van der Waals surface area (Å²) in [7, 11) is 0. The Morgan fingerprint density at radius 3 is 1.80 bits per heavy atom. The van der Waals surface area contributed by atoms with Gasteiger partial charge in [0.25, 0.3) is 0 Å². The fourth-order valence-corrected chi connectivity index (χ4v) is 1.32. The molecule has 1 atom stereocenters. The second-order valence-electron chi connectivity index (χ2n) is 4.15. The first kappa shape index (κ1) is 14.2. The van der Waals surface area contributed by atoms with E-state index in [2.05, 4.69) is 0 Å². The fourth-order valence-electron chi connectivity index (χ4n) is 1.32. The number of aliphatic carboxylic acids is 1. The molecule has 0 aromatic carbocycles. The van der Waals surface area contributed by atoms with E-state index < -0.39 is 36.2 Å². The number of alkyl halides is 4. The molecule has 3 N–H and O–H groups in total. The minimum Gasteiger partial charge on any atom is -0.480 e. The van der Waals surface area contributed by atoms with Crippen LogP contribution in [0.4, 0.5) is 17.6 Å². The Bertz CT molecular complexity index is 228. The van der Waals surface area contributed by atoms with Gasteiger partial charge in [-0.05, 0) is 13.8 Å². The zero-order valence-corrected chi connectivity index (χ0v) is 8.36. The number of carboxylic acids is 1. The van der Waals surface area contributed by atoms with E-state index in [4.69, 9.17) is 10.8 Å². The van der Waals surface area contributed by atoms with E-state index in [1.807, 2.05) is 0 Å². The molecule has 0 amide bonds. The van der Waals surface area contributed by atoms with Gasteiger partial charge >= 0.3 is 12.1 Å². The van der Waals surface area contributed by atoms with Crippen LogP contribution in [0.25, 0.3) is 0 Å². The Balaban J connectivity index is 4.85. The van der Waals surface area contributed by atoms with Gasteiger partial charge in [0.1, 0.15) is 11.2 Å². The number of halogens is 4. The molecular weight excluding hydrogens is 218 g/mol. The molecule has 3 nitrogen and oxygen atoms in total. The summed E-state index contributed by atoms with van der Waals surface area (Å²) in [6.45, 7) is 1.96. The maximum atomic E-state index is 13.1. The number of carbonyl (C=O) groups is 1. The number of hydrogen-bond donors (Lipinski definition) is 2. The Hall–Kier alpha value is -0.850. The molecular formula is C8H13F4NO2. The lowest BCUT2D eigenvalue weighted by molar-refractivity contribution is -0.169. The predicted octanol–water partition coefficient (Wildman–Crippen LogP) is 1.86. The van der Waals surface area contributed by atoms with Crippen LogP contribution < -0.4 is 5.73 Å². The highest BCUT2D eigenvalue weighted by Crippen LogP contribution is 2.32. The zero-order valence-electron chi connectivity index (χ0n) is 8.36. The van der Waals surface area contributed by atoms with Crippen molar-refractivity contribution < 1.29 is 27.5 Å². The summed E-state index contributed by atoms with van der Waals surface area (Å²) in [5.74, 6) is -1.86. The van der Waals surface area contributed by atoms with E-state index in [-0.39, 0.29) is 0 Å². The van der Waals surface area contributed by atoms with Crippen LogP contribution in [0.15, 0.2) is 0 Å². The lowest BCUT2D eigenvalue weighted by atomic mass is 9.85. The van der Waals surface area contributed by atoms with E-state index in [0.29, 0.717) is 0 Å². The second kappa shape index (κ2) is 3.96. The summed E-state index contributed by atoms with van der Waals surface area (Å²) >= 11 is 0. The number of nitrogens with two attached hydrogens (primary N) is 1. The van der Waals surface area contributed by atoms with Gasteiger partial charge in [-0.15, -0.1) is 0 Å². The van der Waals surface area contributed by atoms with Crippen molar-refractivity contribution in [2.75, 3.05) is 0 Å². The van der Waals surface area contributed by atoms with E-state index in [1.165, 1.54) is 0 Å². The van der Waals surface area contributed by atoms with Crippen molar-refractivity contribution in [3.05, 3.63) is 0 Å². The molecule has 0 radical (unpaired) electrons. The Morgan fingerprint density at radius 1 is 1.20 bits per heavy atom. The van der Waals surface area contributed by atoms with Crippen LogP contribution in [0.5, 0.6) is 0 Å². The first-order valence-electron chi connectivity index (χ1n) is 4.14. The third-order valence-electron chi connectivity index (χ3n) is 1.68. The average molecular weight is 231 g/mol. The molecule has 15 heavy (non-hydrogen) atoms. The summed E-state index contributed by atoms with van der Waals surface area (Å²) in [6, 6.07) is 0. The van der Waals surface area contributed by atoms with Crippen LogP contribution in [0.1, 0.15) is 26.7 Å². The molecule has 0 bridgehead atoms. The molecule has 7 heteroatoms. The summed E-state index contributed by atoms with van der Waals surface area (Å²) in [6.07, 6.45) is -7.38. The molecule has 0 saturated carbocycles. The Morgan fingerprint density at radius 2 is 1.60 bits per heavy atom. The fraction of sp³-hybridized carbons (Fsp3) is 0.875. The van der Waals surface area contributed by atoms with Crippen molar-refractivity contribution in [1.29, 1.82) is 0 Å². The summed E-state index contributed by atoms with van der Waals surface area (Å²) in [5.41, 5.74) is 0.368. The maximum absolute atomic E-state index is 13.1. The second-order valence-corrected chi connectivity index (χ2v) is 4.15. The normalized spacial score (nSPS) is 17.3. The van der Waals surface area contributed by atoms with Crippen molar-refractivity contribution in [3.63, 3.8) is 0 Å². The molecule has 0 heterocycles. The quantitative estimate of drug-likeness (QED) is 0.726. The Labute approximate surface area is 84.3 Å². The monoisotopic (exact) mass is 231 g/mol. The molecule has 0 saturated heterocycles. The molecule has 0 aromatic heterocycles. The van der Waals surface area contributed by atoms with Gasteiger partial charge in [-0.1, -0.05) is 0 Å². The third kappa shape index (κ3) is 5.56. The van der Waals surface area contributed by atoms with Crippen LogP contribution in [-0.4, -0.2) is 28.5 Å². The van der Waals surface area contributed by atoms with Gasteiger partial charge in [0.2, 0.25) is 0 Å². The molecule has 0 aliphatic carbocycles. The van der Waals surface area contributed by atoms with Gasteiger partial charge in [0, 0.05) is 6.42 Å². The van der Waals surface area contributed by atoms with Crippen molar-refractivity contribution >= 4 is 5.97 Å². The molecule has 90 valence electrons. The first-order valence-corrected chi connectivity index (χ1v) is 4.14. The van der Waals surface area contributed by atoms with Gasteiger partial charge in [0.05, 0.1) is 6.42 Å². The predicted molar refractivity (Wildman–Crippen MR) is 45.0 cm³/mol. The van der Waals surface area contributed by atoms with E-state index in [1.54, 1.807) is 0 Å². The van der Waals surface area contributed by atoms with Crippen LogP contribution in [0.2, 0.25) is 0 Å². The van der Waals surface area contributed by atoms with Crippen LogP contribution in [0, 0.1) is 0 Å². The molecule has 0 aliphatic rings. The van der Waals surface area contributed by atoms with E-state index in [0.717, 1.165) is 13.8 Å². The van der Waals surface area contributed by atoms with Crippen LogP contribution in [-0.2, 0) is 4.79 Å². The summed E-state index contributed by atoms with van der Waals surface area (Å²) < 4.78 is 49.2. The van der Waals surface area contributed by atoms with E-state index >= 15 is 0 Å². The summed E-state index contributed by atoms with van der Waals surface area (Å²) in [5, 5.41) is 8.57.